The van der Waals surface area contributed by atoms with Gasteiger partial charge in [0.15, 0.2) is 5.60 Å². The van der Waals surface area contributed by atoms with Gasteiger partial charge in [-0.1, -0.05) is 11.2 Å². The van der Waals surface area contributed by atoms with Crippen LogP contribution in [0.15, 0.2) is 53.2 Å². The van der Waals surface area contributed by atoms with Crippen LogP contribution in [0, 0.1) is 13.8 Å². The number of alkyl halides is 3. The van der Waals surface area contributed by atoms with Crippen molar-refractivity contribution in [3.8, 4) is 11.1 Å². The van der Waals surface area contributed by atoms with E-state index >= 15 is 0 Å². The minimum atomic E-state index is -4.53. The highest BCUT2D eigenvalue weighted by Gasteiger charge is 2.42. The fourth-order valence-corrected chi connectivity index (χ4v) is 5.65. The molecule has 6 rings (SSSR count). The lowest BCUT2D eigenvalue weighted by Gasteiger charge is -2.28. The zero-order chi connectivity index (χ0) is 25.2. The van der Waals surface area contributed by atoms with Crippen LogP contribution in [0.25, 0.3) is 22.2 Å². The molecular formula is C26H21F3N4O2S. The average Bonchev–Trinajstić information content (AvgIpc) is 3.25. The first-order valence-electron chi connectivity index (χ1n) is 11.4. The van der Waals surface area contributed by atoms with Gasteiger partial charge in [-0.05, 0) is 68.7 Å². The second kappa shape index (κ2) is 8.01. The van der Waals surface area contributed by atoms with Gasteiger partial charge in [-0.15, -0.1) is 11.3 Å². The van der Waals surface area contributed by atoms with E-state index in [1.54, 1.807) is 31.2 Å². The smallest absolute Gasteiger partial charge is 0.374 e. The van der Waals surface area contributed by atoms with E-state index in [0.717, 1.165) is 30.3 Å². The lowest BCUT2D eigenvalue weighted by molar-refractivity contribution is -0.134. The van der Waals surface area contributed by atoms with Gasteiger partial charge in [0.25, 0.3) is 0 Å². The van der Waals surface area contributed by atoms with Crippen LogP contribution in [0.5, 0.6) is 0 Å². The van der Waals surface area contributed by atoms with E-state index in [1.165, 1.54) is 12.3 Å². The van der Waals surface area contributed by atoms with Crippen molar-refractivity contribution >= 4 is 22.4 Å². The standard InChI is InChI=1S/C26H21F3N4O2S/c1-13-22(14(2)35-33-13)16-11-17(23-18(12-16)31-24(32-23)15-6-7-15)25(34,19-5-3-4-10-30-19)20-8-9-21(36-20)26(27,28)29/h3-5,8-12,15,34H,6-7H2,1-2H3,(H,31,32). The van der Waals surface area contributed by atoms with Crippen molar-refractivity contribution in [1.82, 2.24) is 20.1 Å². The van der Waals surface area contributed by atoms with Gasteiger partial charge >= 0.3 is 6.18 Å². The van der Waals surface area contributed by atoms with Gasteiger partial charge < -0.3 is 14.6 Å². The van der Waals surface area contributed by atoms with E-state index in [-0.39, 0.29) is 10.6 Å². The molecule has 36 heavy (non-hydrogen) atoms. The molecule has 1 atom stereocenters. The zero-order valence-electron chi connectivity index (χ0n) is 19.3. The SMILES string of the molecule is Cc1noc(C)c1-c1cc(C(O)(c2ccccn2)c2ccc(C(F)(F)F)s2)c2nc(C3CC3)[nH]c2c1. The first kappa shape index (κ1) is 22.9. The van der Waals surface area contributed by atoms with Crippen molar-refractivity contribution in [1.29, 1.82) is 0 Å². The molecule has 1 fully saturated rings. The molecule has 1 saturated carbocycles. The number of nitrogens with one attached hydrogen (secondary N) is 1. The number of rotatable bonds is 5. The summed E-state index contributed by atoms with van der Waals surface area (Å²) in [7, 11) is 0. The lowest BCUT2D eigenvalue weighted by Crippen LogP contribution is -2.29. The van der Waals surface area contributed by atoms with E-state index in [0.29, 0.717) is 50.9 Å². The maximum Gasteiger partial charge on any atom is 0.425 e. The van der Waals surface area contributed by atoms with Crippen molar-refractivity contribution in [2.24, 2.45) is 0 Å². The Morgan fingerprint density at radius 2 is 1.86 bits per heavy atom. The molecule has 184 valence electrons. The van der Waals surface area contributed by atoms with Gasteiger partial charge in [0.05, 0.1) is 22.4 Å². The monoisotopic (exact) mass is 510 g/mol. The van der Waals surface area contributed by atoms with Gasteiger partial charge in [-0.3, -0.25) is 4.98 Å². The topological polar surface area (TPSA) is 87.8 Å². The minimum absolute atomic E-state index is 0.0988. The highest BCUT2D eigenvalue weighted by molar-refractivity contribution is 7.12. The van der Waals surface area contributed by atoms with Crippen molar-refractivity contribution in [2.45, 2.75) is 44.4 Å². The highest BCUT2D eigenvalue weighted by Crippen LogP contribution is 2.47. The Balaban J connectivity index is 1.68. The van der Waals surface area contributed by atoms with Gasteiger partial charge in [0.2, 0.25) is 0 Å². The number of aromatic amines is 1. The molecule has 0 bridgehead atoms. The largest absolute Gasteiger partial charge is 0.425 e. The number of aliphatic hydroxyl groups is 1. The van der Waals surface area contributed by atoms with Crippen LogP contribution in [0.3, 0.4) is 0 Å². The van der Waals surface area contributed by atoms with Gasteiger partial charge in [-0.25, -0.2) is 4.98 Å². The second-order valence-corrected chi connectivity index (χ2v) is 10.2. The Hall–Kier alpha value is -3.50. The molecule has 6 nitrogen and oxygen atoms in total. The number of aryl methyl sites for hydroxylation is 2. The number of hydrogen-bond donors (Lipinski definition) is 2. The van der Waals surface area contributed by atoms with Gasteiger partial charge in [-0.2, -0.15) is 13.2 Å². The van der Waals surface area contributed by atoms with Crippen LogP contribution < -0.4 is 0 Å². The maximum atomic E-state index is 13.6. The summed E-state index contributed by atoms with van der Waals surface area (Å²) in [5, 5.41) is 16.5. The molecule has 0 radical (unpaired) electrons. The summed E-state index contributed by atoms with van der Waals surface area (Å²) >= 11 is 0.496. The van der Waals surface area contributed by atoms with Crippen molar-refractivity contribution in [2.75, 3.05) is 0 Å². The maximum absolute atomic E-state index is 13.6. The molecule has 0 saturated heterocycles. The average molecular weight is 511 g/mol. The predicted octanol–water partition coefficient (Wildman–Crippen LogP) is 6.47. The molecule has 2 N–H and O–H groups in total. The van der Waals surface area contributed by atoms with Crippen LogP contribution in [-0.2, 0) is 11.8 Å². The van der Waals surface area contributed by atoms with Crippen molar-refractivity contribution in [3.63, 3.8) is 0 Å². The number of imidazole rings is 1. The number of nitrogens with zero attached hydrogens (tertiary/aromatic N) is 3. The van der Waals surface area contributed by atoms with Gasteiger partial charge in [0.1, 0.15) is 16.5 Å². The Morgan fingerprint density at radius 1 is 1.08 bits per heavy atom. The number of aromatic nitrogens is 4. The van der Waals surface area contributed by atoms with Crippen LogP contribution in [0.1, 0.15) is 57.0 Å². The third kappa shape index (κ3) is 3.63. The fourth-order valence-electron chi connectivity index (χ4n) is 4.66. The van der Waals surface area contributed by atoms with Crippen molar-refractivity contribution in [3.05, 3.63) is 87.0 Å². The normalized spacial score (nSPS) is 15.9. The third-order valence-electron chi connectivity index (χ3n) is 6.56. The Morgan fingerprint density at radius 3 is 2.47 bits per heavy atom. The summed E-state index contributed by atoms with van der Waals surface area (Å²) < 4.78 is 46.1. The number of thiophene rings is 1. The molecule has 1 unspecified atom stereocenters. The third-order valence-corrected chi connectivity index (χ3v) is 7.80. The number of pyridine rings is 1. The molecule has 0 spiro atoms. The summed E-state index contributed by atoms with van der Waals surface area (Å²) in [6.07, 6.45) is -1.01. The van der Waals surface area contributed by atoms with Crippen LogP contribution in [0.2, 0.25) is 0 Å². The Labute approximate surface area is 207 Å². The summed E-state index contributed by atoms with van der Waals surface area (Å²) in [6, 6.07) is 11.0. The number of fused-ring (bicyclic) bond motifs is 1. The highest BCUT2D eigenvalue weighted by atomic mass is 32.1. The molecule has 0 amide bonds. The van der Waals surface area contributed by atoms with Crippen LogP contribution in [-0.4, -0.2) is 25.2 Å². The molecule has 1 aliphatic carbocycles. The second-order valence-electron chi connectivity index (χ2n) is 9.10. The predicted molar refractivity (Wildman–Crippen MR) is 129 cm³/mol. The van der Waals surface area contributed by atoms with Crippen molar-refractivity contribution < 1.29 is 22.8 Å². The van der Waals surface area contributed by atoms with E-state index in [2.05, 4.69) is 15.1 Å². The first-order chi connectivity index (χ1) is 17.2. The quantitative estimate of drug-likeness (QED) is 0.283. The Bertz CT molecular complexity index is 1560. The molecular weight excluding hydrogens is 489 g/mol. The van der Waals surface area contributed by atoms with E-state index in [9.17, 15) is 18.3 Å². The summed E-state index contributed by atoms with van der Waals surface area (Å²) in [4.78, 5) is 11.9. The number of hydrogen-bond acceptors (Lipinski definition) is 6. The molecule has 10 heteroatoms. The van der Waals surface area contributed by atoms with Crippen LogP contribution >= 0.6 is 11.3 Å². The number of benzene rings is 1. The molecule has 5 aromatic rings. The fraction of sp³-hybridized carbons (Fsp3) is 0.269. The Kier molecular flexibility index (Phi) is 5.10. The molecule has 0 aliphatic heterocycles. The first-order valence-corrected chi connectivity index (χ1v) is 12.3. The summed E-state index contributed by atoms with van der Waals surface area (Å²) in [5.41, 5.74) is 1.85. The molecule has 1 aromatic carbocycles. The molecule has 1 aliphatic rings. The molecule has 4 heterocycles. The summed E-state index contributed by atoms with van der Waals surface area (Å²) in [6.45, 7) is 3.61. The summed E-state index contributed by atoms with van der Waals surface area (Å²) in [5.74, 6) is 1.69. The zero-order valence-corrected chi connectivity index (χ0v) is 20.2. The number of halogens is 3. The van der Waals surface area contributed by atoms with Crippen LogP contribution in [0.4, 0.5) is 13.2 Å². The lowest BCUT2D eigenvalue weighted by atomic mass is 9.85. The van der Waals surface area contributed by atoms with Gasteiger partial charge in [0, 0.05) is 28.1 Å². The number of H-pyrrole nitrogens is 1. The van der Waals surface area contributed by atoms with E-state index in [4.69, 9.17) is 9.51 Å². The minimum Gasteiger partial charge on any atom is -0.374 e. The van der Waals surface area contributed by atoms with E-state index < -0.39 is 16.7 Å². The van der Waals surface area contributed by atoms with E-state index in [1.807, 2.05) is 13.0 Å². The molecule has 4 aromatic heterocycles.